The van der Waals surface area contributed by atoms with Crippen LogP contribution in [0.2, 0.25) is 0 Å². The highest BCUT2D eigenvalue weighted by molar-refractivity contribution is 5.85. The number of benzene rings is 2. The van der Waals surface area contributed by atoms with E-state index in [2.05, 4.69) is 17.0 Å². The summed E-state index contributed by atoms with van der Waals surface area (Å²) in [6.07, 6.45) is 0. The lowest BCUT2D eigenvalue weighted by molar-refractivity contribution is -0.131. The van der Waals surface area contributed by atoms with Crippen LogP contribution >= 0.6 is 24.8 Å². The molecule has 1 unspecified atom stereocenters. The SMILES string of the molecule is Cc1ccc(C(N)C(=O)N(C)CCN(C)c2ccccc2)cc1.Cl.Cl. The first-order valence-corrected chi connectivity index (χ1v) is 7.82. The highest BCUT2D eigenvalue weighted by Crippen LogP contribution is 2.14. The molecule has 0 aliphatic rings. The molecule has 2 N–H and O–H groups in total. The van der Waals surface area contributed by atoms with E-state index in [0.29, 0.717) is 6.54 Å². The van der Waals surface area contributed by atoms with Crippen molar-refractivity contribution in [3.63, 3.8) is 0 Å². The van der Waals surface area contributed by atoms with E-state index in [-0.39, 0.29) is 30.7 Å². The molecule has 1 atom stereocenters. The van der Waals surface area contributed by atoms with E-state index in [9.17, 15) is 4.79 Å². The standard InChI is InChI=1S/C19H25N3O.2ClH/c1-15-9-11-16(12-10-15)18(20)19(23)22(3)14-13-21(2)17-7-5-4-6-8-17;;/h4-12,18H,13-14,20H2,1-3H3;2*1H. The Morgan fingerprint density at radius 3 is 2.08 bits per heavy atom. The molecule has 0 bridgehead atoms. The van der Waals surface area contributed by atoms with Crippen molar-refractivity contribution in [1.82, 2.24) is 4.90 Å². The number of aryl methyl sites for hydroxylation is 1. The summed E-state index contributed by atoms with van der Waals surface area (Å²) < 4.78 is 0. The normalized spacial score (nSPS) is 10.9. The van der Waals surface area contributed by atoms with Crippen molar-refractivity contribution in [2.75, 3.05) is 32.1 Å². The number of carbonyl (C=O) groups excluding carboxylic acids is 1. The fourth-order valence-electron chi connectivity index (χ4n) is 2.38. The van der Waals surface area contributed by atoms with Crippen LogP contribution in [0.1, 0.15) is 17.2 Å². The van der Waals surface area contributed by atoms with Gasteiger partial charge in [-0.05, 0) is 24.6 Å². The van der Waals surface area contributed by atoms with E-state index in [1.165, 1.54) is 0 Å². The average molecular weight is 384 g/mol. The molecule has 2 aromatic rings. The molecule has 1 amide bonds. The third-order valence-corrected chi connectivity index (χ3v) is 4.05. The van der Waals surface area contributed by atoms with Crippen LogP contribution in [0.25, 0.3) is 0 Å². The first-order valence-electron chi connectivity index (χ1n) is 7.82. The second kappa shape index (κ2) is 11.0. The molecule has 25 heavy (non-hydrogen) atoms. The Bertz CT molecular complexity index is 635. The summed E-state index contributed by atoms with van der Waals surface area (Å²) in [5.41, 5.74) is 9.25. The molecule has 2 aromatic carbocycles. The zero-order valence-corrected chi connectivity index (χ0v) is 16.5. The van der Waals surface area contributed by atoms with Crippen molar-refractivity contribution in [2.24, 2.45) is 5.73 Å². The van der Waals surface area contributed by atoms with Gasteiger partial charge in [-0.2, -0.15) is 0 Å². The smallest absolute Gasteiger partial charge is 0.243 e. The van der Waals surface area contributed by atoms with E-state index in [0.717, 1.165) is 23.4 Å². The lowest BCUT2D eigenvalue weighted by Gasteiger charge is -2.25. The minimum absolute atomic E-state index is 0. The van der Waals surface area contributed by atoms with Crippen LogP contribution in [0.5, 0.6) is 0 Å². The number of anilines is 1. The van der Waals surface area contributed by atoms with Crippen LogP contribution in [-0.2, 0) is 4.79 Å². The van der Waals surface area contributed by atoms with E-state index >= 15 is 0 Å². The van der Waals surface area contributed by atoms with E-state index in [4.69, 9.17) is 5.73 Å². The summed E-state index contributed by atoms with van der Waals surface area (Å²) in [5.74, 6) is -0.0599. The van der Waals surface area contributed by atoms with Crippen LogP contribution < -0.4 is 10.6 Å². The van der Waals surface area contributed by atoms with Crippen molar-refractivity contribution in [2.45, 2.75) is 13.0 Å². The quantitative estimate of drug-likeness (QED) is 0.830. The van der Waals surface area contributed by atoms with Gasteiger partial charge in [0, 0.05) is 32.9 Å². The second-order valence-corrected chi connectivity index (χ2v) is 5.91. The number of nitrogens with zero attached hydrogens (tertiary/aromatic N) is 2. The monoisotopic (exact) mass is 383 g/mol. The lowest BCUT2D eigenvalue weighted by Crippen LogP contribution is -2.40. The maximum absolute atomic E-state index is 12.5. The molecule has 0 heterocycles. The van der Waals surface area contributed by atoms with Crippen LogP contribution in [0.4, 0.5) is 5.69 Å². The molecular weight excluding hydrogens is 357 g/mol. The summed E-state index contributed by atoms with van der Waals surface area (Å²) in [4.78, 5) is 16.3. The fourth-order valence-corrected chi connectivity index (χ4v) is 2.38. The molecule has 0 fully saturated rings. The molecule has 0 aliphatic carbocycles. The Morgan fingerprint density at radius 1 is 0.960 bits per heavy atom. The summed E-state index contributed by atoms with van der Waals surface area (Å²) in [6.45, 7) is 3.40. The minimum atomic E-state index is -0.609. The Morgan fingerprint density at radius 2 is 1.52 bits per heavy atom. The van der Waals surface area contributed by atoms with E-state index in [1.54, 1.807) is 11.9 Å². The summed E-state index contributed by atoms with van der Waals surface area (Å²) in [5, 5.41) is 0. The van der Waals surface area contributed by atoms with Gasteiger partial charge in [0.05, 0.1) is 0 Å². The van der Waals surface area contributed by atoms with Gasteiger partial charge in [-0.1, -0.05) is 48.0 Å². The molecular formula is C19H27Cl2N3O. The number of para-hydroxylation sites is 1. The van der Waals surface area contributed by atoms with Crippen LogP contribution in [-0.4, -0.2) is 38.0 Å². The number of nitrogens with two attached hydrogens (primary N) is 1. The average Bonchev–Trinajstić information content (AvgIpc) is 2.59. The number of amides is 1. The third kappa shape index (κ3) is 6.58. The summed E-state index contributed by atoms with van der Waals surface area (Å²) in [7, 11) is 3.82. The Balaban J connectivity index is 0.00000288. The van der Waals surface area contributed by atoms with Crippen molar-refractivity contribution in [1.29, 1.82) is 0 Å². The van der Waals surface area contributed by atoms with Crippen molar-refractivity contribution >= 4 is 36.4 Å². The number of hydrogen-bond acceptors (Lipinski definition) is 3. The zero-order chi connectivity index (χ0) is 16.8. The Labute approximate surface area is 162 Å². The molecule has 0 aliphatic heterocycles. The number of hydrogen-bond donors (Lipinski definition) is 1. The van der Waals surface area contributed by atoms with Crippen molar-refractivity contribution in [3.8, 4) is 0 Å². The number of likely N-dealkylation sites (N-methyl/N-ethyl adjacent to an activating group) is 2. The maximum atomic E-state index is 12.5. The molecule has 4 nitrogen and oxygen atoms in total. The van der Waals surface area contributed by atoms with Crippen molar-refractivity contribution in [3.05, 3.63) is 65.7 Å². The summed E-state index contributed by atoms with van der Waals surface area (Å²) >= 11 is 0. The first-order chi connectivity index (χ1) is 11.0. The lowest BCUT2D eigenvalue weighted by atomic mass is 10.0. The summed E-state index contributed by atoms with van der Waals surface area (Å²) in [6, 6.07) is 17.3. The van der Waals surface area contributed by atoms with E-state index < -0.39 is 6.04 Å². The van der Waals surface area contributed by atoms with Crippen LogP contribution in [0.15, 0.2) is 54.6 Å². The number of rotatable bonds is 6. The Kier molecular flexibility index (Phi) is 10.2. The topological polar surface area (TPSA) is 49.6 Å². The predicted molar refractivity (Wildman–Crippen MR) is 110 cm³/mol. The zero-order valence-electron chi connectivity index (χ0n) is 14.9. The van der Waals surface area contributed by atoms with E-state index in [1.807, 2.05) is 56.4 Å². The first kappa shape index (κ1) is 23.2. The number of halogens is 2. The largest absolute Gasteiger partial charge is 0.373 e. The van der Waals surface area contributed by atoms with Crippen LogP contribution in [0, 0.1) is 6.92 Å². The van der Waals surface area contributed by atoms with Gasteiger partial charge in [0.2, 0.25) is 5.91 Å². The molecule has 0 saturated heterocycles. The molecule has 6 heteroatoms. The molecule has 0 spiro atoms. The molecule has 0 saturated carbocycles. The van der Waals surface area contributed by atoms with Gasteiger partial charge >= 0.3 is 0 Å². The van der Waals surface area contributed by atoms with Gasteiger partial charge in [0.15, 0.2) is 0 Å². The van der Waals surface area contributed by atoms with Gasteiger partial charge in [-0.25, -0.2) is 0 Å². The fraction of sp³-hybridized carbons (Fsp3) is 0.316. The van der Waals surface area contributed by atoms with Gasteiger partial charge < -0.3 is 15.5 Å². The molecule has 2 rings (SSSR count). The van der Waals surface area contributed by atoms with Gasteiger partial charge in [0.25, 0.3) is 0 Å². The molecule has 0 radical (unpaired) electrons. The second-order valence-electron chi connectivity index (χ2n) is 5.91. The van der Waals surface area contributed by atoms with Crippen LogP contribution in [0.3, 0.4) is 0 Å². The predicted octanol–water partition coefficient (Wildman–Crippen LogP) is 3.43. The maximum Gasteiger partial charge on any atom is 0.243 e. The van der Waals surface area contributed by atoms with Gasteiger partial charge in [-0.15, -0.1) is 24.8 Å². The highest BCUT2D eigenvalue weighted by Gasteiger charge is 2.19. The third-order valence-electron chi connectivity index (χ3n) is 4.05. The molecule has 0 aromatic heterocycles. The molecule has 138 valence electrons. The highest BCUT2D eigenvalue weighted by atomic mass is 35.5. The number of carbonyl (C=O) groups is 1. The van der Waals surface area contributed by atoms with Gasteiger partial charge in [-0.3, -0.25) is 4.79 Å². The minimum Gasteiger partial charge on any atom is -0.373 e. The Hall–Kier alpha value is -1.75. The van der Waals surface area contributed by atoms with Gasteiger partial charge in [0.1, 0.15) is 6.04 Å². The van der Waals surface area contributed by atoms with Crippen molar-refractivity contribution < 1.29 is 4.79 Å².